The van der Waals surface area contributed by atoms with Crippen LogP contribution in [0.4, 0.5) is 4.79 Å². The van der Waals surface area contributed by atoms with Crippen LogP contribution in [-0.4, -0.2) is 54.2 Å². The molecule has 0 aromatic heterocycles. The summed E-state index contributed by atoms with van der Waals surface area (Å²) < 4.78 is 5.21. The van der Waals surface area contributed by atoms with Gasteiger partial charge in [-0.2, -0.15) is 0 Å². The van der Waals surface area contributed by atoms with Crippen molar-refractivity contribution in [1.82, 2.24) is 9.80 Å². The maximum Gasteiger partial charge on any atom is 0.320 e. The number of rotatable bonds is 2. The lowest BCUT2D eigenvalue weighted by atomic mass is 9.97. The van der Waals surface area contributed by atoms with Crippen molar-refractivity contribution in [2.24, 2.45) is 0 Å². The molecule has 2 fully saturated rings. The van der Waals surface area contributed by atoms with E-state index in [0.717, 1.165) is 19.6 Å². The number of carbonyl (C=O) groups excluding carboxylic acids is 1. The first-order valence-corrected chi connectivity index (χ1v) is 4.88. The van der Waals surface area contributed by atoms with Crippen molar-refractivity contribution in [1.29, 1.82) is 0 Å². The highest BCUT2D eigenvalue weighted by Crippen LogP contribution is 2.32. The molecule has 0 aromatic rings. The van der Waals surface area contributed by atoms with E-state index < -0.39 is 0 Å². The molecule has 0 bridgehead atoms. The number of hydrogen-bond donors (Lipinski definition) is 0. The third-order valence-corrected chi connectivity index (χ3v) is 3.00. The third kappa shape index (κ3) is 1.05. The van der Waals surface area contributed by atoms with Crippen LogP contribution in [-0.2, 0) is 4.74 Å². The molecule has 4 heteroatoms. The molecule has 2 rings (SSSR count). The van der Waals surface area contributed by atoms with E-state index in [0.29, 0.717) is 13.2 Å². The van der Waals surface area contributed by atoms with E-state index >= 15 is 0 Å². The number of urea groups is 1. The zero-order valence-electron chi connectivity index (χ0n) is 8.25. The Kier molecular flexibility index (Phi) is 1.95. The van der Waals surface area contributed by atoms with E-state index in [-0.39, 0.29) is 11.6 Å². The van der Waals surface area contributed by atoms with Gasteiger partial charge in [-0.3, -0.25) is 0 Å². The molecule has 0 saturated carbocycles. The third-order valence-electron chi connectivity index (χ3n) is 3.00. The Morgan fingerprint density at radius 1 is 1.38 bits per heavy atom. The van der Waals surface area contributed by atoms with Crippen molar-refractivity contribution in [2.75, 3.05) is 32.8 Å². The minimum absolute atomic E-state index is 0.0157. The molecule has 0 aromatic carbocycles. The number of carbonyl (C=O) groups is 1. The smallest absolute Gasteiger partial charge is 0.320 e. The van der Waals surface area contributed by atoms with Crippen molar-refractivity contribution in [3.05, 3.63) is 0 Å². The zero-order chi connectivity index (χ0) is 9.47. The van der Waals surface area contributed by atoms with Gasteiger partial charge in [-0.05, 0) is 13.8 Å². The summed E-state index contributed by atoms with van der Waals surface area (Å²) in [5.74, 6) is 0. The molecule has 0 N–H and O–H groups in total. The molecule has 2 amide bonds. The quantitative estimate of drug-likeness (QED) is 0.627. The lowest BCUT2D eigenvalue weighted by molar-refractivity contribution is -0.106. The van der Waals surface area contributed by atoms with Crippen LogP contribution < -0.4 is 0 Å². The lowest BCUT2D eigenvalue weighted by Gasteiger charge is -2.43. The fourth-order valence-corrected chi connectivity index (χ4v) is 2.18. The Hall–Kier alpha value is -0.770. The Bertz CT molecular complexity index is 226. The number of amides is 2. The molecular weight excluding hydrogens is 168 g/mol. The van der Waals surface area contributed by atoms with Crippen LogP contribution in [0.5, 0.6) is 0 Å². The minimum Gasteiger partial charge on any atom is -0.376 e. The Labute approximate surface area is 78.4 Å². The summed E-state index contributed by atoms with van der Waals surface area (Å²) in [6.45, 7) is 7.90. The van der Waals surface area contributed by atoms with Crippen LogP contribution >= 0.6 is 0 Å². The van der Waals surface area contributed by atoms with Crippen molar-refractivity contribution in [3.63, 3.8) is 0 Å². The van der Waals surface area contributed by atoms with E-state index in [4.69, 9.17) is 4.74 Å². The van der Waals surface area contributed by atoms with Crippen molar-refractivity contribution in [3.8, 4) is 0 Å². The first kappa shape index (κ1) is 8.81. The average Bonchev–Trinajstić information content (AvgIpc) is 2.37. The van der Waals surface area contributed by atoms with Crippen LogP contribution in [0.2, 0.25) is 0 Å². The lowest BCUT2D eigenvalue weighted by Crippen LogP contribution is -2.61. The Morgan fingerprint density at radius 2 is 2.08 bits per heavy atom. The van der Waals surface area contributed by atoms with Crippen molar-refractivity contribution >= 4 is 6.03 Å². The SMILES string of the molecule is CCN1CC2(COC2)N(CC)C1=O. The summed E-state index contributed by atoms with van der Waals surface area (Å²) in [7, 11) is 0. The normalized spacial score (nSPS) is 25.5. The monoisotopic (exact) mass is 184 g/mol. The molecule has 0 radical (unpaired) electrons. The first-order chi connectivity index (χ1) is 6.23. The van der Waals surface area contributed by atoms with Crippen LogP contribution in [0.15, 0.2) is 0 Å². The molecule has 2 heterocycles. The van der Waals surface area contributed by atoms with Gasteiger partial charge in [0.15, 0.2) is 0 Å². The highest BCUT2D eigenvalue weighted by molar-refractivity contribution is 5.78. The van der Waals surface area contributed by atoms with Gasteiger partial charge in [-0.15, -0.1) is 0 Å². The van der Waals surface area contributed by atoms with Crippen LogP contribution in [0.25, 0.3) is 0 Å². The molecule has 74 valence electrons. The molecule has 2 aliphatic rings. The maximum atomic E-state index is 11.8. The first-order valence-electron chi connectivity index (χ1n) is 4.88. The average molecular weight is 184 g/mol. The van der Waals surface area contributed by atoms with Gasteiger partial charge in [0.25, 0.3) is 0 Å². The predicted octanol–water partition coefficient (Wildman–Crippen LogP) is 0.533. The van der Waals surface area contributed by atoms with Gasteiger partial charge in [-0.25, -0.2) is 4.79 Å². The van der Waals surface area contributed by atoms with Gasteiger partial charge in [0.05, 0.1) is 19.8 Å². The minimum atomic E-state index is 0.0157. The van der Waals surface area contributed by atoms with Crippen LogP contribution in [0, 0.1) is 0 Å². The molecule has 2 saturated heterocycles. The fourth-order valence-electron chi connectivity index (χ4n) is 2.18. The molecule has 4 nitrogen and oxygen atoms in total. The van der Waals surface area contributed by atoms with Gasteiger partial charge in [-0.1, -0.05) is 0 Å². The fraction of sp³-hybridized carbons (Fsp3) is 0.889. The van der Waals surface area contributed by atoms with E-state index in [1.165, 1.54) is 0 Å². The zero-order valence-corrected chi connectivity index (χ0v) is 8.25. The molecule has 0 unspecified atom stereocenters. The second-order valence-electron chi connectivity index (χ2n) is 3.76. The Morgan fingerprint density at radius 3 is 2.38 bits per heavy atom. The highest BCUT2D eigenvalue weighted by atomic mass is 16.5. The maximum absolute atomic E-state index is 11.8. The van der Waals surface area contributed by atoms with Gasteiger partial charge >= 0.3 is 6.03 Å². The summed E-state index contributed by atoms with van der Waals surface area (Å²) >= 11 is 0. The van der Waals surface area contributed by atoms with E-state index in [2.05, 4.69) is 0 Å². The summed E-state index contributed by atoms with van der Waals surface area (Å²) in [6, 6.07) is 0.174. The molecular formula is C9H16N2O2. The van der Waals surface area contributed by atoms with Gasteiger partial charge < -0.3 is 14.5 Å². The summed E-state index contributed by atoms with van der Waals surface area (Å²) in [5, 5.41) is 0. The largest absolute Gasteiger partial charge is 0.376 e. The van der Waals surface area contributed by atoms with E-state index in [9.17, 15) is 4.79 Å². The van der Waals surface area contributed by atoms with Gasteiger partial charge in [0.2, 0.25) is 0 Å². The number of likely N-dealkylation sites (N-methyl/N-ethyl adjacent to an activating group) is 2. The predicted molar refractivity (Wildman–Crippen MR) is 48.6 cm³/mol. The van der Waals surface area contributed by atoms with E-state index in [1.807, 2.05) is 23.6 Å². The van der Waals surface area contributed by atoms with E-state index in [1.54, 1.807) is 0 Å². The molecule has 1 spiro atoms. The Balaban J connectivity index is 2.17. The summed E-state index contributed by atoms with van der Waals surface area (Å²) in [6.07, 6.45) is 0. The van der Waals surface area contributed by atoms with Crippen molar-refractivity contribution in [2.45, 2.75) is 19.4 Å². The number of nitrogens with zero attached hydrogens (tertiary/aromatic N) is 2. The number of hydrogen-bond acceptors (Lipinski definition) is 2. The standard InChI is InChI=1S/C9H16N2O2/c1-3-10-5-9(6-13-7-9)11(4-2)8(10)12/h3-7H2,1-2H3. The highest BCUT2D eigenvalue weighted by Gasteiger charge is 2.53. The molecule has 0 atom stereocenters. The van der Waals surface area contributed by atoms with Gasteiger partial charge in [0.1, 0.15) is 5.54 Å². The molecule has 0 aliphatic carbocycles. The van der Waals surface area contributed by atoms with Crippen molar-refractivity contribution < 1.29 is 9.53 Å². The number of ether oxygens (including phenoxy) is 1. The van der Waals surface area contributed by atoms with Gasteiger partial charge in [0, 0.05) is 13.1 Å². The molecule has 2 aliphatic heterocycles. The second kappa shape index (κ2) is 2.87. The van der Waals surface area contributed by atoms with Crippen LogP contribution in [0.3, 0.4) is 0 Å². The second-order valence-corrected chi connectivity index (χ2v) is 3.76. The summed E-state index contributed by atoms with van der Waals surface area (Å²) in [4.78, 5) is 15.6. The van der Waals surface area contributed by atoms with Crippen LogP contribution in [0.1, 0.15) is 13.8 Å². The summed E-state index contributed by atoms with van der Waals surface area (Å²) in [5.41, 5.74) is 0.0157. The molecule has 13 heavy (non-hydrogen) atoms. The topological polar surface area (TPSA) is 32.8 Å².